The van der Waals surface area contributed by atoms with Crippen molar-refractivity contribution in [1.29, 1.82) is 0 Å². The second kappa shape index (κ2) is 5.17. The molecule has 0 atom stereocenters. The van der Waals surface area contributed by atoms with E-state index in [9.17, 15) is 10.2 Å². The minimum Gasteiger partial charge on any atom is -0.506 e. The fourth-order valence-corrected chi connectivity index (χ4v) is 2.84. The Balaban J connectivity index is 2.43. The molecule has 0 aliphatic carbocycles. The Hall–Kier alpha value is -1.61. The summed E-state index contributed by atoms with van der Waals surface area (Å²) in [5, 5.41) is 20.3. The first-order valence-electron chi connectivity index (χ1n) is 6.18. The minimum absolute atomic E-state index is 0.294. The van der Waals surface area contributed by atoms with Crippen molar-refractivity contribution < 1.29 is 10.2 Å². The summed E-state index contributed by atoms with van der Waals surface area (Å²) < 4.78 is 0. The third-order valence-electron chi connectivity index (χ3n) is 3.55. The highest BCUT2D eigenvalue weighted by molar-refractivity contribution is 7.99. The molecule has 0 aromatic heterocycles. The van der Waals surface area contributed by atoms with Crippen LogP contribution in [0.15, 0.2) is 34.1 Å². The van der Waals surface area contributed by atoms with E-state index in [0.29, 0.717) is 11.5 Å². The number of phenols is 2. The molecule has 100 valence electrons. The first kappa shape index (κ1) is 13.8. The van der Waals surface area contributed by atoms with Crippen molar-refractivity contribution in [2.75, 3.05) is 0 Å². The summed E-state index contributed by atoms with van der Waals surface area (Å²) in [6, 6.07) is 7.74. The highest BCUT2D eigenvalue weighted by Gasteiger charge is 2.12. The molecule has 0 bridgehead atoms. The van der Waals surface area contributed by atoms with Crippen molar-refractivity contribution in [3.05, 3.63) is 46.5 Å². The maximum absolute atomic E-state index is 10.2. The van der Waals surface area contributed by atoms with E-state index in [-0.39, 0.29) is 0 Å². The normalized spacial score (nSPS) is 10.7. The molecule has 3 heteroatoms. The van der Waals surface area contributed by atoms with Gasteiger partial charge in [-0.3, -0.25) is 0 Å². The summed E-state index contributed by atoms with van der Waals surface area (Å²) in [6.07, 6.45) is 0. The molecule has 0 aliphatic heterocycles. The Kier molecular flexibility index (Phi) is 3.76. The van der Waals surface area contributed by atoms with Crippen LogP contribution in [0.5, 0.6) is 11.5 Å². The number of rotatable bonds is 2. The van der Waals surface area contributed by atoms with Gasteiger partial charge in [0.15, 0.2) is 0 Å². The minimum atomic E-state index is 0.294. The van der Waals surface area contributed by atoms with Crippen LogP contribution in [0.4, 0.5) is 0 Å². The van der Waals surface area contributed by atoms with Gasteiger partial charge in [-0.1, -0.05) is 23.9 Å². The molecule has 2 aromatic rings. The monoisotopic (exact) mass is 274 g/mol. The number of hydrogen-bond donors (Lipinski definition) is 2. The smallest absolute Gasteiger partial charge is 0.132 e. The average Bonchev–Trinajstić information content (AvgIpc) is 2.39. The SMILES string of the molecule is Cc1ccc(Sc2ccc(C)c(C)c2O)c(O)c1C. The summed E-state index contributed by atoms with van der Waals surface area (Å²) in [7, 11) is 0. The molecular formula is C16H18O2S. The first-order chi connectivity index (χ1) is 8.91. The molecule has 0 spiro atoms. The molecule has 0 heterocycles. The Labute approximate surface area is 118 Å². The lowest BCUT2D eigenvalue weighted by molar-refractivity contribution is 0.455. The van der Waals surface area contributed by atoms with Gasteiger partial charge in [0.2, 0.25) is 0 Å². The number of hydrogen-bond acceptors (Lipinski definition) is 3. The quantitative estimate of drug-likeness (QED) is 0.848. The highest BCUT2D eigenvalue weighted by atomic mass is 32.2. The van der Waals surface area contributed by atoms with Crippen LogP contribution in [-0.2, 0) is 0 Å². The molecule has 0 radical (unpaired) electrons. The predicted molar refractivity (Wildman–Crippen MR) is 79.3 cm³/mol. The zero-order valence-corrected chi connectivity index (χ0v) is 12.4. The van der Waals surface area contributed by atoms with Crippen LogP contribution < -0.4 is 0 Å². The highest BCUT2D eigenvalue weighted by Crippen LogP contribution is 2.42. The molecule has 0 aliphatic rings. The van der Waals surface area contributed by atoms with Crippen molar-refractivity contribution in [2.24, 2.45) is 0 Å². The van der Waals surface area contributed by atoms with Crippen molar-refractivity contribution in [3.63, 3.8) is 0 Å². The third kappa shape index (κ3) is 2.56. The summed E-state index contributed by atoms with van der Waals surface area (Å²) in [5.74, 6) is 0.588. The molecule has 0 saturated carbocycles. The summed E-state index contributed by atoms with van der Waals surface area (Å²) in [5.41, 5.74) is 3.89. The van der Waals surface area contributed by atoms with E-state index in [4.69, 9.17) is 0 Å². The van der Waals surface area contributed by atoms with Crippen LogP contribution in [0, 0.1) is 27.7 Å². The summed E-state index contributed by atoms with van der Waals surface area (Å²) in [6.45, 7) is 7.73. The zero-order chi connectivity index (χ0) is 14.2. The van der Waals surface area contributed by atoms with Gasteiger partial charge in [-0.2, -0.15) is 0 Å². The average molecular weight is 274 g/mol. The van der Waals surface area contributed by atoms with E-state index in [1.54, 1.807) is 0 Å². The van der Waals surface area contributed by atoms with Crippen molar-refractivity contribution in [2.45, 2.75) is 37.5 Å². The van der Waals surface area contributed by atoms with E-state index >= 15 is 0 Å². The van der Waals surface area contributed by atoms with Crippen LogP contribution >= 0.6 is 11.8 Å². The predicted octanol–water partition coefficient (Wildman–Crippen LogP) is 4.48. The van der Waals surface area contributed by atoms with Crippen molar-refractivity contribution in [1.82, 2.24) is 0 Å². The van der Waals surface area contributed by atoms with Gasteiger partial charge >= 0.3 is 0 Å². The Bertz CT molecular complexity index is 578. The van der Waals surface area contributed by atoms with Gasteiger partial charge in [-0.25, -0.2) is 0 Å². The van der Waals surface area contributed by atoms with Gasteiger partial charge < -0.3 is 10.2 Å². The lowest BCUT2D eigenvalue weighted by Crippen LogP contribution is -1.87. The maximum Gasteiger partial charge on any atom is 0.132 e. The number of benzene rings is 2. The van der Waals surface area contributed by atoms with Gasteiger partial charge in [0.1, 0.15) is 11.5 Å². The van der Waals surface area contributed by atoms with Gasteiger partial charge in [-0.05, 0) is 62.1 Å². The summed E-state index contributed by atoms with van der Waals surface area (Å²) in [4.78, 5) is 1.53. The number of aryl methyl sites for hydroxylation is 2. The fourth-order valence-electron chi connectivity index (χ4n) is 1.84. The van der Waals surface area contributed by atoms with E-state index in [1.807, 2.05) is 52.0 Å². The first-order valence-corrected chi connectivity index (χ1v) is 6.99. The zero-order valence-electron chi connectivity index (χ0n) is 11.6. The molecule has 0 amide bonds. The third-order valence-corrected chi connectivity index (χ3v) is 4.65. The molecule has 0 saturated heterocycles. The van der Waals surface area contributed by atoms with Gasteiger partial charge in [0.05, 0.1) is 9.79 Å². The molecule has 2 nitrogen and oxygen atoms in total. The molecule has 19 heavy (non-hydrogen) atoms. The van der Waals surface area contributed by atoms with E-state index < -0.39 is 0 Å². The number of phenolic OH excluding ortho intramolecular Hbond substituents is 2. The Morgan fingerprint density at radius 3 is 1.42 bits per heavy atom. The van der Waals surface area contributed by atoms with Gasteiger partial charge in [0, 0.05) is 0 Å². The second-order valence-corrected chi connectivity index (χ2v) is 5.89. The topological polar surface area (TPSA) is 40.5 Å². The molecule has 2 aromatic carbocycles. The standard InChI is InChI=1S/C16H18O2S/c1-9-5-7-13(15(17)11(9)3)19-14-8-6-10(2)12(4)16(14)18/h5-8,17-18H,1-4H3. The lowest BCUT2D eigenvalue weighted by Gasteiger charge is -2.12. The summed E-state index contributed by atoms with van der Waals surface area (Å²) >= 11 is 1.39. The van der Waals surface area contributed by atoms with E-state index in [0.717, 1.165) is 32.0 Å². The Morgan fingerprint density at radius 1 is 0.684 bits per heavy atom. The molecule has 2 rings (SSSR count). The van der Waals surface area contributed by atoms with E-state index in [2.05, 4.69) is 0 Å². The Morgan fingerprint density at radius 2 is 1.05 bits per heavy atom. The van der Waals surface area contributed by atoms with Crippen LogP contribution in [0.3, 0.4) is 0 Å². The number of aromatic hydroxyl groups is 2. The van der Waals surface area contributed by atoms with E-state index in [1.165, 1.54) is 11.8 Å². The molecule has 0 unspecified atom stereocenters. The maximum atomic E-state index is 10.2. The van der Waals surface area contributed by atoms with Crippen molar-refractivity contribution >= 4 is 11.8 Å². The van der Waals surface area contributed by atoms with Crippen LogP contribution in [0.2, 0.25) is 0 Å². The molecule has 0 fully saturated rings. The lowest BCUT2D eigenvalue weighted by atomic mass is 10.1. The second-order valence-electron chi connectivity index (χ2n) is 4.81. The largest absolute Gasteiger partial charge is 0.506 e. The molecule has 2 N–H and O–H groups in total. The molecular weight excluding hydrogens is 256 g/mol. The van der Waals surface area contributed by atoms with Crippen LogP contribution in [0.25, 0.3) is 0 Å². The fraction of sp³-hybridized carbons (Fsp3) is 0.250. The van der Waals surface area contributed by atoms with Crippen molar-refractivity contribution in [3.8, 4) is 11.5 Å². The van der Waals surface area contributed by atoms with Gasteiger partial charge in [-0.15, -0.1) is 0 Å². The van der Waals surface area contributed by atoms with Crippen LogP contribution in [-0.4, -0.2) is 10.2 Å². The van der Waals surface area contributed by atoms with Crippen LogP contribution in [0.1, 0.15) is 22.3 Å². The van der Waals surface area contributed by atoms with Gasteiger partial charge in [0.25, 0.3) is 0 Å².